The first-order valence-electron chi connectivity index (χ1n) is 7.62. The molecule has 0 heterocycles. The van der Waals surface area contributed by atoms with Crippen LogP contribution in [0.3, 0.4) is 0 Å². The van der Waals surface area contributed by atoms with Gasteiger partial charge in [-0.2, -0.15) is 0 Å². The average Bonchev–Trinajstić information content (AvgIpc) is 2.44. The molecule has 2 rings (SSSR count). The van der Waals surface area contributed by atoms with Gasteiger partial charge in [-0.15, -0.1) is 0 Å². The molecule has 6 heteroatoms. The van der Waals surface area contributed by atoms with E-state index in [2.05, 4.69) is 0 Å². The summed E-state index contributed by atoms with van der Waals surface area (Å²) < 4.78 is 5.09. The van der Waals surface area contributed by atoms with Gasteiger partial charge in [-0.3, -0.25) is 9.59 Å². The number of carbonyl (C=O) groups is 2. The molecule has 0 saturated heterocycles. The molecule has 0 aromatic heterocycles. The number of hydrogen-bond acceptors (Lipinski definition) is 6. The molecule has 0 radical (unpaired) electrons. The lowest BCUT2D eigenvalue weighted by atomic mass is 9.64. The molecule has 0 bridgehead atoms. The summed E-state index contributed by atoms with van der Waals surface area (Å²) in [6, 6.07) is 4.45. The van der Waals surface area contributed by atoms with E-state index in [1.54, 1.807) is 6.07 Å². The number of carbonyl (C=O) groups excluding carboxylic acids is 2. The predicted octanol–water partition coefficient (Wildman–Crippen LogP) is 2.25. The molecule has 0 unspecified atom stereocenters. The minimum Gasteiger partial charge on any atom is -0.512 e. The first kappa shape index (κ1) is 18.0. The fraction of sp³-hybridized carbons (Fsp3) is 0.444. The Morgan fingerprint density at radius 2 is 1.88 bits per heavy atom. The second-order valence-electron chi connectivity index (χ2n) is 6.45. The first-order valence-corrected chi connectivity index (χ1v) is 7.62. The number of aliphatic hydroxyl groups is 2. The lowest BCUT2D eigenvalue weighted by molar-refractivity contribution is -0.132. The number of benzene rings is 1. The maximum Gasteiger partial charge on any atom is 0.160 e. The standard InChI is InChI=1S/C18H22O6/c1-9(19)15-13(22)8-18(3,23)17(10(2)20)16(15)11-5-6-12(21)14(7-11)24-4/h5-7,16-17,21-23H,8H2,1-4H3/t16-,17-,18-/m0/s1. The van der Waals surface area contributed by atoms with E-state index < -0.39 is 17.4 Å². The molecule has 3 atom stereocenters. The summed E-state index contributed by atoms with van der Waals surface area (Å²) in [6.07, 6.45) is -0.169. The monoisotopic (exact) mass is 334 g/mol. The summed E-state index contributed by atoms with van der Waals surface area (Å²) in [5.41, 5.74) is -0.888. The van der Waals surface area contributed by atoms with Crippen LogP contribution in [-0.2, 0) is 9.59 Å². The van der Waals surface area contributed by atoms with E-state index >= 15 is 0 Å². The number of ketones is 2. The van der Waals surface area contributed by atoms with Crippen LogP contribution in [0.4, 0.5) is 0 Å². The number of phenols is 1. The Morgan fingerprint density at radius 1 is 1.25 bits per heavy atom. The van der Waals surface area contributed by atoms with Gasteiger partial charge in [-0.05, 0) is 38.5 Å². The molecule has 0 spiro atoms. The van der Waals surface area contributed by atoms with Gasteiger partial charge in [0.15, 0.2) is 17.3 Å². The van der Waals surface area contributed by atoms with Crippen LogP contribution in [0.2, 0.25) is 0 Å². The second-order valence-corrected chi connectivity index (χ2v) is 6.45. The summed E-state index contributed by atoms with van der Waals surface area (Å²) in [5.74, 6) is -2.50. The molecule has 0 fully saturated rings. The van der Waals surface area contributed by atoms with E-state index in [0.717, 1.165) is 0 Å². The average molecular weight is 334 g/mol. The summed E-state index contributed by atoms with van der Waals surface area (Å²) >= 11 is 0. The van der Waals surface area contributed by atoms with Crippen molar-refractivity contribution in [1.82, 2.24) is 0 Å². The Labute approximate surface area is 140 Å². The van der Waals surface area contributed by atoms with E-state index in [1.165, 1.54) is 40.0 Å². The first-order chi connectivity index (χ1) is 11.1. The minimum atomic E-state index is -1.50. The Kier molecular flexibility index (Phi) is 4.71. The number of ether oxygens (including phenoxy) is 1. The van der Waals surface area contributed by atoms with Gasteiger partial charge in [0.05, 0.1) is 18.6 Å². The largest absolute Gasteiger partial charge is 0.512 e. The van der Waals surface area contributed by atoms with Crippen molar-refractivity contribution in [2.45, 2.75) is 38.7 Å². The Balaban J connectivity index is 2.73. The Morgan fingerprint density at radius 3 is 2.38 bits per heavy atom. The van der Waals surface area contributed by atoms with Crippen molar-refractivity contribution in [3.63, 3.8) is 0 Å². The molecule has 1 aromatic carbocycles. The molecule has 0 aliphatic heterocycles. The number of hydrogen-bond donors (Lipinski definition) is 3. The van der Waals surface area contributed by atoms with Gasteiger partial charge >= 0.3 is 0 Å². The smallest absolute Gasteiger partial charge is 0.160 e. The third-order valence-corrected chi connectivity index (χ3v) is 4.53. The zero-order chi connectivity index (χ0) is 18.2. The number of allylic oxidation sites excluding steroid dienone is 1. The lowest BCUT2D eigenvalue weighted by Crippen LogP contribution is -2.47. The van der Waals surface area contributed by atoms with E-state index in [9.17, 15) is 24.9 Å². The van der Waals surface area contributed by atoms with Crippen LogP contribution in [0.1, 0.15) is 38.7 Å². The van der Waals surface area contributed by atoms with Gasteiger partial charge < -0.3 is 20.1 Å². The Bertz CT molecular complexity index is 716. The van der Waals surface area contributed by atoms with Gasteiger partial charge in [0.2, 0.25) is 0 Å². The van der Waals surface area contributed by atoms with Crippen molar-refractivity contribution in [1.29, 1.82) is 0 Å². The molecule has 0 saturated carbocycles. The van der Waals surface area contributed by atoms with Crippen molar-refractivity contribution < 1.29 is 29.6 Å². The van der Waals surface area contributed by atoms with Crippen LogP contribution in [0.25, 0.3) is 0 Å². The molecule has 1 aliphatic rings. The zero-order valence-electron chi connectivity index (χ0n) is 14.2. The normalized spacial score (nSPS) is 27.0. The highest BCUT2D eigenvalue weighted by Gasteiger charge is 2.49. The van der Waals surface area contributed by atoms with Crippen LogP contribution in [0, 0.1) is 5.92 Å². The number of aliphatic hydroxyl groups excluding tert-OH is 1. The minimum absolute atomic E-state index is 0.0826. The van der Waals surface area contributed by atoms with Gasteiger partial charge in [0.1, 0.15) is 11.5 Å². The van der Waals surface area contributed by atoms with Gasteiger partial charge in [0.25, 0.3) is 0 Å². The van der Waals surface area contributed by atoms with Crippen molar-refractivity contribution in [2.24, 2.45) is 5.92 Å². The highest BCUT2D eigenvalue weighted by atomic mass is 16.5. The maximum absolute atomic E-state index is 12.2. The third-order valence-electron chi connectivity index (χ3n) is 4.53. The topological polar surface area (TPSA) is 104 Å². The molecule has 1 aromatic rings. The highest BCUT2D eigenvalue weighted by Crippen LogP contribution is 2.48. The number of aromatic hydroxyl groups is 1. The fourth-order valence-corrected chi connectivity index (χ4v) is 3.59. The Hall–Kier alpha value is -2.34. The molecule has 3 N–H and O–H groups in total. The lowest BCUT2D eigenvalue weighted by Gasteiger charge is -2.42. The fourth-order valence-electron chi connectivity index (χ4n) is 3.59. The van der Waals surface area contributed by atoms with Gasteiger partial charge in [-0.25, -0.2) is 0 Å². The van der Waals surface area contributed by atoms with Crippen molar-refractivity contribution in [2.75, 3.05) is 7.11 Å². The van der Waals surface area contributed by atoms with Crippen LogP contribution >= 0.6 is 0 Å². The van der Waals surface area contributed by atoms with E-state index in [1.807, 2.05) is 0 Å². The summed E-state index contributed by atoms with van der Waals surface area (Å²) in [5, 5.41) is 30.7. The molecule has 1 aliphatic carbocycles. The maximum atomic E-state index is 12.2. The second kappa shape index (κ2) is 6.28. The van der Waals surface area contributed by atoms with Crippen LogP contribution < -0.4 is 4.74 Å². The number of Topliss-reactive ketones (excluding diaryl/α,β-unsaturated/α-hetero) is 2. The third kappa shape index (κ3) is 3.01. The van der Waals surface area contributed by atoms with Crippen LogP contribution in [-0.4, -0.2) is 39.6 Å². The van der Waals surface area contributed by atoms with Crippen molar-refractivity contribution in [3.05, 3.63) is 35.1 Å². The summed E-state index contributed by atoms with van der Waals surface area (Å²) in [7, 11) is 1.39. The van der Waals surface area contributed by atoms with Crippen LogP contribution in [0.5, 0.6) is 11.5 Å². The van der Waals surface area contributed by atoms with E-state index in [0.29, 0.717) is 5.56 Å². The summed E-state index contributed by atoms with van der Waals surface area (Å²) in [4.78, 5) is 24.3. The molecule has 0 amide bonds. The summed E-state index contributed by atoms with van der Waals surface area (Å²) in [6.45, 7) is 4.13. The predicted molar refractivity (Wildman–Crippen MR) is 87.1 cm³/mol. The molecule has 24 heavy (non-hydrogen) atoms. The number of phenolic OH excluding ortho intramolecular Hbond substituents is 1. The van der Waals surface area contributed by atoms with E-state index in [-0.39, 0.29) is 40.8 Å². The molecular formula is C18H22O6. The highest BCUT2D eigenvalue weighted by molar-refractivity contribution is 5.97. The van der Waals surface area contributed by atoms with Crippen molar-refractivity contribution in [3.8, 4) is 11.5 Å². The SMILES string of the molecule is COc1cc([C@H]2C(C(C)=O)=C(O)C[C@](C)(O)[C@H]2C(C)=O)ccc1O. The van der Waals surface area contributed by atoms with Crippen molar-refractivity contribution >= 4 is 11.6 Å². The molecular weight excluding hydrogens is 312 g/mol. The zero-order valence-corrected chi connectivity index (χ0v) is 14.2. The number of rotatable bonds is 4. The number of methoxy groups -OCH3 is 1. The van der Waals surface area contributed by atoms with Gasteiger partial charge in [-0.1, -0.05) is 6.07 Å². The molecule has 6 nitrogen and oxygen atoms in total. The van der Waals surface area contributed by atoms with Gasteiger partial charge in [0, 0.05) is 17.9 Å². The molecule has 130 valence electrons. The van der Waals surface area contributed by atoms with E-state index in [4.69, 9.17) is 4.74 Å². The quantitative estimate of drug-likeness (QED) is 0.780. The van der Waals surface area contributed by atoms with Crippen LogP contribution in [0.15, 0.2) is 29.5 Å².